The minimum Gasteiger partial charge on any atom is -0.410 e. The average molecular weight is 145 g/mol. The molecule has 58 valence electrons. The third-order valence-electron chi connectivity index (χ3n) is 0.909. The monoisotopic (exact) mass is 145 g/mol. The van der Waals surface area contributed by atoms with Crippen LogP contribution in [0.3, 0.4) is 0 Å². The van der Waals surface area contributed by atoms with Crippen molar-refractivity contribution in [1.82, 2.24) is 5.32 Å². The van der Waals surface area contributed by atoms with Crippen molar-refractivity contribution in [3.63, 3.8) is 0 Å². The van der Waals surface area contributed by atoms with Crippen molar-refractivity contribution in [2.24, 2.45) is 10.9 Å². The zero-order chi connectivity index (χ0) is 7.98. The summed E-state index contributed by atoms with van der Waals surface area (Å²) in [6.07, 6.45) is 0. The molecule has 0 radical (unpaired) electrons. The van der Waals surface area contributed by atoms with Crippen LogP contribution >= 0.6 is 0 Å². The lowest BCUT2D eigenvalue weighted by atomic mass is 10.4. The van der Waals surface area contributed by atoms with E-state index in [1.807, 2.05) is 0 Å². The molecule has 0 rings (SSSR count). The Morgan fingerprint density at radius 3 is 2.80 bits per heavy atom. The minimum atomic E-state index is -0.395. The van der Waals surface area contributed by atoms with Crippen LogP contribution in [0.2, 0.25) is 0 Å². The summed E-state index contributed by atoms with van der Waals surface area (Å²) < 4.78 is 0. The molecule has 4 N–H and O–H groups in total. The summed E-state index contributed by atoms with van der Waals surface area (Å²) in [6, 6.07) is 0. The van der Waals surface area contributed by atoms with Crippen molar-refractivity contribution in [1.29, 1.82) is 0 Å². The van der Waals surface area contributed by atoms with Crippen LogP contribution in [0.15, 0.2) is 5.16 Å². The normalized spacial score (nSPS) is 11.2. The highest BCUT2D eigenvalue weighted by Gasteiger charge is 2.02. The van der Waals surface area contributed by atoms with E-state index in [-0.39, 0.29) is 5.71 Å². The highest BCUT2D eigenvalue weighted by atomic mass is 16.4. The molecular formula is C5H11N3O2. The molecule has 0 aliphatic carbocycles. The van der Waals surface area contributed by atoms with Crippen molar-refractivity contribution in [3.05, 3.63) is 0 Å². The number of rotatable bonds is 3. The zero-order valence-electron chi connectivity index (χ0n) is 5.79. The Labute approximate surface area is 58.9 Å². The molecule has 0 saturated heterocycles. The van der Waals surface area contributed by atoms with Gasteiger partial charge in [-0.05, 0) is 6.92 Å². The van der Waals surface area contributed by atoms with Crippen LogP contribution in [0.1, 0.15) is 6.92 Å². The van der Waals surface area contributed by atoms with E-state index in [0.29, 0.717) is 13.1 Å². The Hall–Kier alpha value is -1.10. The fourth-order valence-corrected chi connectivity index (χ4v) is 0.359. The van der Waals surface area contributed by atoms with Gasteiger partial charge < -0.3 is 16.3 Å². The molecule has 0 fully saturated rings. The second-order valence-corrected chi connectivity index (χ2v) is 1.73. The quantitative estimate of drug-likeness (QED) is 0.268. The summed E-state index contributed by atoms with van der Waals surface area (Å²) in [7, 11) is 0. The van der Waals surface area contributed by atoms with Gasteiger partial charge in [0.05, 0.1) is 0 Å². The molecule has 0 saturated carbocycles. The molecule has 0 atom stereocenters. The first-order valence-electron chi connectivity index (χ1n) is 2.89. The number of oxime groups is 1. The summed E-state index contributed by atoms with van der Waals surface area (Å²) in [5, 5.41) is 13.2. The van der Waals surface area contributed by atoms with Crippen molar-refractivity contribution < 1.29 is 10.0 Å². The van der Waals surface area contributed by atoms with E-state index >= 15 is 0 Å². The second kappa shape index (κ2) is 4.75. The standard InChI is InChI=1S/C5H11N3O2/c1-4(8-10)5(9)7-3-2-6/h10H,2-3,6H2,1H3,(H,7,9)/b8-4-. The van der Waals surface area contributed by atoms with Gasteiger partial charge in [0.1, 0.15) is 5.71 Å². The molecule has 10 heavy (non-hydrogen) atoms. The van der Waals surface area contributed by atoms with Crippen molar-refractivity contribution in [2.45, 2.75) is 6.92 Å². The molecule has 0 heterocycles. The van der Waals surface area contributed by atoms with E-state index in [0.717, 1.165) is 0 Å². The van der Waals surface area contributed by atoms with Gasteiger partial charge in [-0.15, -0.1) is 0 Å². The number of carbonyl (C=O) groups is 1. The summed E-state index contributed by atoms with van der Waals surface area (Å²) in [5.74, 6) is -0.395. The molecule has 0 aromatic heterocycles. The molecule has 0 aliphatic rings. The first kappa shape index (κ1) is 8.90. The molecule has 5 nitrogen and oxygen atoms in total. The van der Waals surface area contributed by atoms with Gasteiger partial charge >= 0.3 is 0 Å². The van der Waals surface area contributed by atoms with E-state index in [9.17, 15) is 4.79 Å². The molecule has 0 unspecified atom stereocenters. The van der Waals surface area contributed by atoms with Crippen molar-refractivity contribution in [2.75, 3.05) is 13.1 Å². The molecule has 0 aliphatic heterocycles. The molecule has 0 bridgehead atoms. The molecular weight excluding hydrogens is 134 g/mol. The van der Waals surface area contributed by atoms with Crippen LogP contribution in [0.4, 0.5) is 0 Å². The van der Waals surface area contributed by atoms with Gasteiger partial charge in [0.25, 0.3) is 5.91 Å². The summed E-state index contributed by atoms with van der Waals surface area (Å²) in [6.45, 7) is 2.18. The van der Waals surface area contributed by atoms with Crippen LogP contribution in [-0.4, -0.2) is 29.9 Å². The van der Waals surface area contributed by atoms with Crippen LogP contribution in [0, 0.1) is 0 Å². The minimum absolute atomic E-state index is 0.0356. The molecule has 5 heteroatoms. The number of nitrogens with zero attached hydrogens (tertiary/aromatic N) is 1. The second-order valence-electron chi connectivity index (χ2n) is 1.73. The molecule has 1 amide bonds. The Balaban J connectivity index is 3.63. The van der Waals surface area contributed by atoms with E-state index in [1.165, 1.54) is 6.92 Å². The van der Waals surface area contributed by atoms with Gasteiger partial charge in [-0.1, -0.05) is 5.16 Å². The van der Waals surface area contributed by atoms with E-state index in [1.54, 1.807) is 0 Å². The Bertz CT molecular complexity index is 144. The maximum atomic E-state index is 10.7. The zero-order valence-corrected chi connectivity index (χ0v) is 5.79. The van der Waals surface area contributed by atoms with Gasteiger partial charge in [-0.25, -0.2) is 0 Å². The van der Waals surface area contributed by atoms with Gasteiger partial charge in [-0.3, -0.25) is 4.79 Å². The highest BCUT2D eigenvalue weighted by Crippen LogP contribution is 1.73. The third-order valence-corrected chi connectivity index (χ3v) is 0.909. The van der Waals surface area contributed by atoms with E-state index in [2.05, 4.69) is 10.5 Å². The summed E-state index contributed by atoms with van der Waals surface area (Å²) in [4.78, 5) is 10.7. The highest BCUT2D eigenvalue weighted by molar-refractivity contribution is 6.37. The topological polar surface area (TPSA) is 87.7 Å². The van der Waals surface area contributed by atoms with Crippen molar-refractivity contribution >= 4 is 11.6 Å². The number of hydrogen-bond acceptors (Lipinski definition) is 4. The maximum Gasteiger partial charge on any atom is 0.268 e. The number of amides is 1. The molecule has 0 aromatic carbocycles. The van der Waals surface area contributed by atoms with E-state index in [4.69, 9.17) is 10.9 Å². The lowest BCUT2D eigenvalue weighted by Crippen LogP contribution is -2.33. The largest absolute Gasteiger partial charge is 0.410 e. The van der Waals surface area contributed by atoms with Crippen LogP contribution in [0.5, 0.6) is 0 Å². The first-order chi connectivity index (χ1) is 4.72. The van der Waals surface area contributed by atoms with Gasteiger partial charge in [0, 0.05) is 13.1 Å². The number of nitrogens with two attached hydrogens (primary N) is 1. The van der Waals surface area contributed by atoms with Gasteiger partial charge in [0.15, 0.2) is 0 Å². The summed E-state index contributed by atoms with van der Waals surface area (Å²) >= 11 is 0. The van der Waals surface area contributed by atoms with E-state index < -0.39 is 5.91 Å². The number of hydrogen-bond donors (Lipinski definition) is 3. The lowest BCUT2D eigenvalue weighted by Gasteiger charge is -1.99. The smallest absolute Gasteiger partial charge is 0.268 e. The van der Waals surface area contributed by atoms with Gasteiger partial charge in [0.2, 0.25) is 0 Å². The third kappa shape index (κ3) is 3.03. The Morgan fingerprint density at radius 1 is 1.80 bits per heavy atom. The van der Waals surface area contributed by atoms with Crippen molar-refractivity contribution in [3.8, 4) is 0 Å². The predicted molar refractivity (Wildman–Crippen MR) is 37.0 cm³/mol. The molecule has 0 aromatic rings. The number of carbonyl (C=O) groups excluding carboxylic acids is 1. The average Bonchev–Trinajstić information content (AvgIpc) is 1.98. The fraction of sp³-hybridized carbons (Fsp3) is 0.600. The first-order valence-corrected chi connectivity index (χ1v) is 2.89. The van der Waals surface area contributed by atoms with Crippen LogP contribution in [0.25, 0.3) is 0 Å². The SMILES string of the molecule is C/C(=N/O)C(=O)NCCN. The Morgan fingerprint density at radius 2 is 2.40 bits per heavy atom. The maximum absolute atomic E-state index is 10.7. The van der Waals surface area contributed by atoms with Crippen LogP contribution < -0.4 is 11.1 Å². The predicted octanol–water partition coefficient (Wildman–Crippen LogP) is -1.09. The number of nitrogens with one attached hydrogen (secondary N) is 1. The Kier molecular flexibility index (Phi) is 4.23. The van der Waals surface area contributed by atoms with Crippen LogP contribution in [-0.2, 0) is 4.79 Å². The molecule has 0 spiro atoms. The fourth-order valence-electron chi connectivity index (χ4n) is 0.359. The van der Waals surface area contributed by atoms with Gasteiger partial charge in [-0.2, -0.15) is 0 Å². The summed E-state index contributed by atoms with van der Waals surface area (Å²) in [5.41, 5.74) is 5.14. The lowest BCUT2D eigenvalue weighted by molar-refractivity contribution is -0.114.